The van der Waals surface area contributed by atoms with Gasteiger partial charge in [0.15, 0.2) is 6.61 Å². The van der Waals surface area contributed by atoms with Gasteiger partial charge in [-0.1, -0.05) is 42.5 Å². The lowest BCUT2D eigenvalue weighted by atomic mass is 10.1. The first-order valence-corrected chi connectivity index (χ1v) is 8.71. The van der Waals surface area contributed by atoms with Gasteiger partial charge in [0.2, 0.25) is 0 Å². The summed E-state index contributed by atoms with van der Waals surface area (Å²) >= 11 is 0. The van der Waals surface area contributed by atoms with Crippen LogP contribution in [0.5, 0.6) is 11.5 Å². The largest absolute Gasteiger partial charge is 0.492 e. The number of hydrogen-bond donors (Lipinski definition) is 1. The van der Waals surface area contributed by atoms with E-state index in [0.29, 0.717) is 18.9 Å². The van der Waals surface area contributed by atoms with Crippen LogP contribution in [-0.4, -0.2) is 25.7 Å². The molecule has 1 amide bonds. The second-order valence-electron chi connectivity index (χ2n) is 6.21. The van der Waals surface area contributed by atoms with Gasteiger partial charge in [-0.3, -0.25) is 4.79 Å². The van der Waals surface area contributed by atoms with Gasteiger partial charge in [-0.05, 0) is 48.6 Å². The van der Waals surface area contributed by atoms with Crippen molar-refractivity contribution in [1.82, 2.24) is 5.32 Å². The lowest BCUT2D eigenvalue weighted by molar-refractivity contribution is -0.123. The normalized spacial score (nSPS) is 10.5. The Balaban J connectivity index is 1.43. The zero-order chi connectivity index (χ0) is 18.4. The van der Waals surface area contributed by atoms with Crippen LogP contribution in [0.4, 0.5) is 0 Å². The summed E-state index contributed by atoms with van der Waals surface area (Å²) in [5.74, 6) is 1.36. The minimum absolute atomic E-state index is 0.0162. The van der Waals surface area contributed by atoms with E-state index in [4.69, 9.17) is 9.47 Å². The zero-order valence-electron chi connectivity index (χ0n) is 15.1. The predicted molar refractivity (Wildman–Crippen MR) is 104 cm³/mol. The molecular formula is C22H23NO3. The highest BCUT2D eigenvalue weighted by Crippen LogP contribution is 2.24. The van der Waals surface area contributed by atoms with Gasteiger partial charge in [-0.15, -0.1) is 0 Å². The Morgan fingerprint density at radius 3 is 2.58 bits per heavy atom. The van der Waals surface area contributed by atoms with Crippen LogP contribution >= 0.6 is 0 Å². The molecule has 0 unspecified atom stereocenters. The summed E-state index contributed by atoms with van der Waals surface area (Å²) in [4.78, 5) is 12.0. The van der Waals surface area contributed by atoms with Crippen LogP contribution in [0.25, 0.3) is 10.8 Å². The Hall–Kier alpha value is -3.01. The van der Waals surface area contributed by atoms with Crippen molar-refractivity contribution in [1.29, 1.82) is 0 Å². The van der Waals surface area contributed by atoms with Crippen molar-refractivity contribution in [2.45, 2.75) is 13.8 Å². The van der Waals surface area contributed by atoms with Crippen LogP contribution < -0.4 is 14.8 Å². The fourth-order valence-electron chi connectivity index (χ4n) is 2.68. The van der Waals surface area contributed by atoms with Crippen molar-refractivity contribution in [3.8, 4) is 11.5 Å². The Kier molecular flexibility index (Phi) is 5.74. The van der Waals surface area contributed by atoms with Crippen LogP contribution in [0.1, 0.15) is 11.1 Å². The molecule has 4 nitrogen and oxygen atoms in total. The van der Waals surface area contributed by atoms with Gasteiger partial charge < -0.3 is 14.8 Å². The van der Waals surface area contributed by atoms with Gasteiger partial charge in [0.25, 0.3) is 5.91 Å². The van der Waals surface area contributed by atoms with Gasteiger partial charge in [0.1, 0.15) is 18.1 Å². The molecule has 0 aliphatic carbocycles. The van der Waals surface area contributed by atoms with E-state index in [-0.39, 0.29) is 12.5 Å². The molecule has 0 radical (unpaired) electrons. The summed E-state index contributed by atoms with van der Waals surface area (Å²) < 4.78 is 11.3. The van der Waals surface area contributed by atoms with Crippen molar-refractivity contribution >= 4 is 16.7 Å². The van der Waals surface area contributed by atoms with E-state index < -0.39 is 0 Å². The van der Waals surface area contributed by atoms with Crippen LogP contribution in [0.15, 0.2) is 60.7 Å². The molecular weight excluding hydrogens is 326 g/mol. The van der Waals surface area contributed by atoms with Crippen LogP contribution in [0.2, 0.25) is 0 Å². The number of ether oxygens (including phenoxy) is 2. The quantitative estimate of drug-likeness (QED) is 0.655. The molecule has 26 heavy (non-hydrogen) atoms. The number of rotatable bonds is 7. The SMILES string of the molecule is Cc1ccc(OCCNC(=O)COc2cccc3ccccc23)cc1C. The molecule has 0 saturated carbocycles. The Morgan fingerprint density at radius 2 is 1.73 bits per heavy atom. The third-order valence-corrected chi connectivity index (χ3v) is 4.28. The van der Waals surface area contributed by atoms with Gasteiger partial charge in [-0.2, -0.15) is 0 Å². The first-order valence-electron chi connectivity index (χ1n) is 8.71. The van der Waals surface area contributed by atoms with Crippen molar-refractivity contribution in [2.75, 3.05) is 19.8 Å². The second kappa shape index (κ2) is 8.39. The summed E-state index contributed by atoms with van der Waals surface area (Å²) in [6.45, 7) is 4.95. The van der Waals surface area contributed by atoms with E-state index in [1.165, 1.54) is 11.1 Å². The van der Waals surface area contributed by atoms with Gasteiger partial charge >= 0.3 is 0 Å². The first-order chi connectivity index (χ1) is 12.6. The summed E-state index contributed by atoms with van der Waals surface area (Å²) in [6, 6.07) is 19.7. The number of nitrogens with one attached hydrogen (secondary N) is 1. The minimum Gasteiger partial charge on any atom is -0.492 e. The monoisotopic (exact) mass is 349 g/mol. The highest BCUT2D eigenvalue weighted by molar-refractivity contribution is 5.88. The molecule has 0 aromatic heterocycles. The van der Waals surface area contributed by atoms with Gasteiger partial charge in [0, 0.05) is 5.39 Å². The molecule has 0 aliphatic heterocycles. The number of hydrogen-bond acceptors (Lipinski definition) is 3. The topological polar surface area (TPSA) is 47.6 Å². The third kappa shape index (κ3) is 4.54. The number of carbonyl (C=O) groups is 1. The molecule has 0 atom stereocenters. The zero-order valence-corrected chi connectivity index (χ0v) is 15.1. The maximum atomic E-state index is 12.0. The number of carbonyl (C=O) groups excluding carboxylic acids is 1. The number of benzene rings is 3. The van der Waals surface area contributed by atoms with E-state index in [2.05, 4.69) is 19.2 Å². The lowest BCUT2D eigenvalue weighted by Gasteiger charge is -2.11. The Labute approximate surface area is 153 Å². The summed E-state index contributed by atoms with van der Waals surface area (Å²) in [5.41, 5.74) is 2.42. The summed E-state index contributed by atoms with van der Waals surface area (Å²) in [6.07, 6.45) is 0. The Morgan fingerprint density at radius 1 is 0.923 bits per heavy atom. The minimum atomic E-state index is -0.165. The van der Waals surface area contributed by atoms with Crippen LogP contribution in [0, 0.1) is 13.8 Å². The van der Waals surface area contributed by atoms with E-state index in [1.807, 2.05) is 60.7 Å². The Bertz CT molecular complexity index is 900. The molecule has 0 saturated heterocycles. The maximum absolute atomic E-state index is 12.0. The number of aryl methyl sites for hydroxylation is 2. The predicted octanol–water partition coefficient (Wildman–Crippen LogP) is 4.03. The third-order valence-electron chi connectivity index (χ3n) is 4.28. The molecule has 0 aliphatic rings. The number of fused-ring (bicyclic) bond motifs is 1. The smallest absolute Gasteiger partial charge is 0.258 e. The van der Waals surface area contributed by atoms with Crippen molar-refractivity contribution in [3.63, 3.8) is 0 Å². The molecule has 0 fully saturated rings. The second-order valence-corrected chi connectivity index (χ2v) is 6.21. The lowest BCUT2D eigenvalue weighted by Crippen LogP contribution is -2.32. The number of amides is 1. The van der Waals surface area contributed by atoms with E-state index >= 15 is 0 Å². The molecule has 4 heteroatoms. The standard InChI is InChI=1S/C22H23NO3/c1-16-10-11-19(14-17(16)2)25-13-12-23-22(24)15-26-21-9-5-7-18-6-3-4-8-20(18)21/h3-11,14H,12-13,15H2,1-2H3,(H,23,24). The molecule has 1 N–H and O–H groups in total. The molecule has 3 aromatic rings. The van der Waals surface area contributed by atoms with Gasteiger partial charge in [0.05, 0.1) is 6.54 Å². The van der Waals surface area contributed by atoms with E-state index in [1.54, 1.807) is 0 Å². The fraction of sp³-hybridized carbons (Fsp3) is 0.227. The summed E-state index contributed by atoms with van der Waals surface area (Å²) in [7, 11) is 0. The van der Waals surface area contributed by atoms with Crippen molar-refractivity contribution in [2.24, 2.45) is 0 Å². The molecule has 0 spiro atoms. The van der Waals surface area contributed by atoms with Gasteiger partial charge in [-0.25, -0.2) is 0 Å². The summed E-state index contributed by atoms with van der Waals surface area (Å²) in [5, 5.41) is 4.90. The maximum Gasteiger partial charge on any atom is 0.258 e. The molecule has 3 rings (SSSR count). The van der Waals surface area contributed by atoms with E-state index in [0.717, 1.165) is 16.5 Å². The van der Waals surface area contributed by atoms with Crippen LogP contribution in [-0.2, 0) is 4.79 Å². The molecule has 134 valence electrons. The van der Waals surface area contributed by atoms with E-state index in [9.17, 15) is 4.79 Å². The fourth-order valence-corrected chi connectivity index (χ4v) is 2.68. The average Bonchev–Trinajstić information content (AvgIpc) is 2.66. The average molecular weight is 349 g/mol. The van der Waals surface area contributed by atoms with Crippen molar-refractivity contribution < 1.29 is 14.3 Å². The molecule has 0 bridgehead atoms. The first kappa shape index (κ1) is 17.8. The highest BCUT2D eigenvalue weighted by atomic mass is 16.5. The highest BCUT2D eigenvalue weighted by Gasteiger charge is 2.05. The van der Waals surface area contributed by atoms with Crippen LogP contribution in [0.3, 0.4) is 0 Å². The molecule has 0 heterocycles. The van der Waals surface area contributed by atoms with Crippen molar-refractivity contribution in [3.05, 3.63) is 71.8 Å². The molecule has 3 aromatic carbocycles.